The first-order valence-corrected chi connectivity index (χ1v) is 4.68. The Labute approximate surface area is 94.8 Å². The highest BCUT2D eigenvalue weighted by atomic mass is 19.4. The summed E-state index contributed by atoms with van der Waals surface area (Å²) in [5.41, 5.74) is 1.96. The molecule has 0 aliphatic heterocycles. The molecular weight excluding hydrogens is 233 g/mol. The van der Waals surface area contributed by atoms with E-state index < -0.39 is 11.7 Å². The number of hydrogen-bond donors (Lipinski definition) is 2. The van der Waals surface area contributed by atoms with E-state index >= 15 is 0 Å². The van der Waals surface area contributed by atoms with Gasteiger partial charge in [-0.05, 0) is 18.2 Å². The molecule has 0 atom stereocenters. The SMILES string of the molecule is NNc1cc(-n2ccnc2)cc(C(F)(F)F)c1. The van der Waals surface area contributed by atoms with Gasteiger partial charge >= 0.3 is 6.18 Å². The molecular formula is C10H9F3N4. The van der Waals surface area contributed by atoms with Crippen molar-refractivity contribution in [2.24, 2.45) is 5.84 Å². The third-order valence-electron chi connectivity index (χ3n) is 2.21. The fourth-order valence-corrected chi connectivity index (χ4v) is 1.42. The first-order chi connectivity index (χ1) is 8.00. The average molecular weight is 242 g/mol. The second kappa shape index (κ2) is 4.10. The van der Waals surface area contributed by atoms with Crippen molar-refractivity contribution >= 4 is 5.69 Å². The second-order valence-corrected chi connectivity index (χ2v) is 3.38. The molecule has 0 radical (unpaired) electrons. The summed E-state index contributed by atoms with van der Waals surface area (Å²) in [7, 11) is 0. The van der Waals surface area contributed by atoms with Crippen LogP contribution in [-0.2, 0) is 6.18 Å². The van der Waals surface area contributed by atoms with E-state index in [1.165, 1.54) is 23.2 Å². The molecule has 2 rings (SSSR count). The second-order valence-electron chi connectivity index (χ2n) is 3.38. The monoisotopic (exact) mass is 242 g/mol. The van der Waals surface area contributed by atoms with Gasteiger partial charge in [0, 0.05) is 18.1 Å². The topological polar surface area (TPSA) is 55.9 Å². The van der Waals surface area contributed by atoms with Crippen LogP contribution in [0.25, 0.3) is 5.69 Å². The molecule has 17 heavy (non-hydrogen) atoms. The minimum absolute atomic E-state index is 0.184. The Balaban J connectivity index is 2.54. The molecule has 7 heteroatoms. The number of halogens is 3. The summed E-state index contributed by atoms with van der Waals surface area (Å²) in [5.74, 6) is 5.14. The Morgan fingerprint density at radius 1 is 1.24 bits per heavy atom. The van der Waals surface area contributed by atoms with Gasteiger partial charge in [-0.25, -0.2) is 4.98 Å². The highest BCUT2D eigenvalue weighted by Gasteiger charge is 2.31. The number of hydrazine groups is 1. The normalized spacial score (nSPS) is 11.5. The van der Waals surface area contributed by atoms with Gasteiger partial charge in [0.05, 0.1) is 17.6 Å². The van der Waals surface area contributed by atoms with E-state index in [9.17, 15) is 13.2 Å². The third kappa shape index (κ3) is 2.39. The number of nitrogens with zero attached hydrogens (tertiary/aromatic N) is 2. The summed E-state index contributed by atoms with van der Waals surface area (Å²) < 4.78 is 39.4. The van der Waals surface area contributed by atoms with Gasteiger partial charge in [-0.1, -0.05) is 0 Å². The molecule has 0 saturated carbocycles. The molecule has 1 aromatic carbocycles. The lowest BCUT2D eigenvalue weighted by atomic mass is 10.1. The van der Waals surface area contributed by atoms with Crippen LogP contribution in [0.15, 0.2) is 36.9 Å². The molecule has 90 valence electrons. The Morgan fingerprint density at radius 2 is 2.00 bits per heavy atom. The lowest BCUT2D eigenvalue weighted by Gasteiger charge is -2.12. The van der Waals surface area contributed by atoms with Gasteiger partial charge in [0.25, 0.3) is 0 Å². The van der Waals surface area contributed by atoms with Crippen molar-refractivity contribution in [2.45, 2.75) is 6.18 Å². The summed E-state index contributed by atoms with van der Waals surface area (Å²) in [4.78, 5) is 3.78. The molecule has 0 fully saturated rings. The van der Waals surface area contributed by atoms with Gasteiger partial charge in [-0.15, -0.1) is 0 Å². The minimum Gasteiger partial charge on any atom is -0.324 e. The molecule has 1 heterocycles. The maximum Gasteiger partial charge on any atom is 0.416 e. The average Bonchev–Trinajstić information content (AvgIpc) is 2.80. The van der Waals surface area contributed by atoms with Crippen LogP contribution in [0.5, 0.6) is 0 Å². The van der Waals surface area contributed by atoms with E-state index in [1.54, 1.807) is 6.20 Å². The van der Waals surface area contributed by atoms with Crippen LogP contribution < -0.4 is 11.3 Å². The molecule has 0 aliphatic rings. The van der Waals surface area contributed by atoms with Gasteiger partial charge in [-0.3, -0.25) is 5.84 Å². The lowest BCUT2D eigenvalue weighted by Crippen LogP contribution is -2.11. The molecule has 1 aromatic heterocycles. The Hall–Kier alpha value is -2.02. The standard InChI is InChI=1S/C10H9F3N4/c11-10(12,13)7-3-8(16-14)5-9(4-7)17-2-1-15-6-17/h1-6,16H,14H2. The van der Waals surface area contributed by atoms with Gasteiger partial charge in [0.1, 0.15) is 0 Å². The van der Waals surface area contributed by atoms with E-state index in [-0.39, 0.29) is 5.69 Å². The maximum absolute atomic E-state index is 12.6. The molecule has 0 spiro atoms. The number of hydrogen-bond acceptors (Lipinski definition) is 3. The van der Waals surface area contributed by atoms with Crippen molar-refractivity contribution in [3.8, 4) is 5.69 Å². The van der Waals surface area contributed by atoms with Crippen LogP contribution in [-0.4, -0.2) is 9.55 Å². The predicted molar refractivity (Wildman–Crippen MR) is 56.4 cm³/mol. The summed E-state index contributed by atoms with van der Waals surface area (Å²) in [6, 6.07) is 3.47. The summed E-state index contributed by atoms with van der Waals surface area (Å²) in [6.07, 6.45) is 0.0313. The molecule has 2 aromatic rings. The number of aromatic nitrogens is 2. The van der Waals surface area contributed by atoms with Gasteiger partial charge < -0.3 is 9.99 Å². The number of benzene rings is 1. The molecule has 0 aliphatic carbocycles. The molecule has 0 unspecified atom stereocenters. The highest BCUT2D eigenvalue weighted by Crippen LogP contribution is 2.32. The van der Waals surface area contributed by atoms with Crippen LogP contribution in [0.1, 0.15) is 5.56 Å². The lowest BCUT2D eigenvalue weighted by molar-refractivity contribution is -0.137. The van der Waals surface area contributed by atoms with E-state index in [4.69, 9.17) is 5.84 Å². The molecule has 0 amide bonds. The third-order valence-corrected chi connectivity index (χ3v) is 2.21. The van der Waals surface area contributed by atoms with Crippen LogP contribution in [0, 0.1) is 0 Å². The Morgan fingerprint density at radius 3 is 2.53 bits per heavy atom. The largest absolute Gasteiger partial charge is 0.416 e. The number of nitrogens with two attached hydrogens (primary N) is 1. The van der Waals surface area contributed by atoms with Crippen LogP contribution in [0.2, 0.25) is 0 Å². The molecule has 0 saturated heterocycles. The zero-order chi connectivity index (χ0) is 12.5. The van der Waals surface area contributed by atoms with E-state index in [1.807, 2.05) is 0 Å². The maximum atomic E-state index is 12.6. The van der Waals surface area contributed by atoms with Crippen molar-refractivity contribution in [3.05, 3.63) is 42.5 Å². The fraction of sp³-hybridized carbons (Fsp3) is 0.100. The number of nitrogens with one attached hydrogen (secondary N) is 1. The van der Waals surface area contributed by atoms with Crippen LogP contribution in [0.4, 0.5) is 18.9 Å². The number of imidazole rings is 1. The molecule has 0 bridgehead atoms. The molecule has 3 N–H and O–H groups in total. The van der Waals surface area contributed by atoms with E-state index in [0.29, 0.717) is 5.69 Å². The quantitative estimate of drug-likeness (QED) is 0.626. The number of anilines is 1. The number of rotatable bonds is 2. The minimum atomic E-state index is -4.41. The summed E-state index contributed by atoms with van der Waals surface area (Å²) >= 11 is 0. The van der Waals surface area contributed by atoms with Crippen molar-refractivity contribution in [1.82, 2.24) is 9.55 Å². The zero-order valence-corrected chi connectivity index (χ0v) is 8.57. The van der Waals surface area contributed by atoms with E-state index in [0.717, 1.165) is 12.1 Å². The number of alkyl halides is 3. The fourth-order valence-electron chi connectivity index (χ4n) is 1.42. The molecule has 4 nitrogen and oxygen atoms in total. The van der Waals surface area contributed by atoms with Crippen molar-refractivity contribution < 1.29 is 13.2 Å². The van der Waals surface area contributed by atoms with Crippen molar-refractivity contribution in [1.29, 1.82) is 0 Å². The van der Waals surface area contributed by atoms with Gasteiger partial charge in [0.15, 0.2) is 0 Å². The van der Waals surface area contributed by atoms with E-state index in [2.05, 4.69) is 10.4 Å². The number of nitrogen functional groups attached to an aromatic ring is 1. The van der Waals surface area contributed by atoms with Crippen molar-refractivity contribution in [2.75, 3.05) is 5.43 Å². The zero-order valence-electron chi connectivity index (χ0n) is 8.57. The first kappa shape index (κ1) is 11.5. The highest BCUT2D eigenvalue weighted by molar-refractivity contribution is 5.54. The van der Waals surface area contributed by atoms with Crippen molar-refractivity contribution in [3.63, 3.8) is 0 Å². The van der Waals surface area contributed by atoms with Crippen LogP contribution >= 0.6 is 0 Å². The summed E-state index contributed by atoms with van der Waals surface area (Å²) in [5, 5.41) is 0. The van der Waals surface area contributed by atoms with Gasteiger partial charge in [0.2, 0.25) is 0 Å². The van der Waals surface area contributed by atoms with Crippen LogP contribution in [0.3, 0.4) is 0 Å². The van der Waals surface area contributed by atoms with Gasteiger partial charge in [-0.2, -0.15) is 13.2 Å². The Bertz CT molecular complexity index is 505. The smallest absolute Gasteiger partial charge is 0.324 e. The Kier molecular flexibility index (Phi) is 2.76. The summed E-state index contributed by atoms with van der Waals surface area (Å²) in [6.45, 7) is 0. The first-order valence-electron chi connectivity index (χ1n) is 4.68. The predicted octanol–water partition coefficient (Wildman–Crippen LogP) is 2.18.